The summed E-state index contributed by atoms with van der Waals surface area (Å²) in [4.78, 5) is 12.3. The van der Waals surface area contributed by atoms with Crippen LogP contribution in [0, 0.1) is 6.92 Å². The van der Waals surface area contributed by atoms with E-state index in [-0.39, 0.29) is 5.56 Å². The minimum Gasteiger partial charge on any atom is -0.265 e. The summed E-state index contributed by atoms with van der Waals surface area (Å²) >= 11 is 1.33. The van der Waals surface area contributed by atoms with Crippen LogP contribution in [0.15, 0.2) is 35.1 Å². The largest absolute Gasteiger partial charge is 0.296 e. The third-order valence-electron chi connectivity index (χ3n) is 2.58. The van der Waals surface area contributed by atoms with Crippen LogP contribution in [0.5, 0.6) is 0 Å². The first-order valence-corrected chi connectivity index (χ1v) is 6.52. The zero-order valence-corrected chi connectivity index (χ0v) is 11.0. The van der Waals surface area contributed by atoms with E-state index in [0.29, 0.717) is 10.7 Å². The van der Waals surface area contributed by atoms with Crippen molar-refractivity contribution < 1.29 is 0 Å². The lowest BCUT2D eigenvalue weighted by Crippen LogP contribution is -2.19. The van der Waals surface area contributed by atoms with Crippen molar-refractivity contribution in [2.24, 2.45) is 0 Å². The van der Waals surface area contributed by atoms with Gasteiger partial charge in [0.15, 0.2) is 0 Å². The van der Waals surface area contributed by atoms with Crippen LogP contribution >= 0.6 is 11.3 Å². The second kappa shape index (κ2) is 4.74. The average molecular weight is 270 g/mol. The number of nitrogens with zero attached hydrogens (tertiary/aromatic N) is 4. The first-order valence-electron chi connectivity index (χ1n) is 5.70. The maximum atomic E-state index is 11.8. The molecule has 0 aliphatic carbocycles. The summed E-state index contributed by atoms with van der Waals surface area (Å²) in [7, 11) is 0. The Morgan fingerprint density at radius 3 is 2.74 bits per heavy atom. The smallest absolute Gasteiger partial charge is 0.265 e. The van der Waals surface area contributed by atoms with Gasteiger partial charge in [0.2, 0.25) is 4.96 Å². The fraction of sp³-hybridized carbons (Fsp3) is 0.0769. The van der Waals surface area contributed by atoms with Crippen LogP contribution in [0.3, 0.4) is 0 Å². The predicted octanol–water partition coefficient (Wildman–Crippen LogP) is 2.02. The van der Waals surface area contributed by atoms with Gasteiger partial charge in [0.1, 0.15) is 10.7 Å². The van der Waals surface area contributed by atoms with Gasteiger partial charge < -0.3 is 0 Å². The number of fused-ring (bicyclic) bond motifs is 1. The van der Waals surface area contributed by atoms with Gasteiger partial charge in [0, 0.05) is 0 Å². The van der Waals surface area contributed by atoms with Crippen LogP contribution < -0.4 is 5.56 Å². The Bertz CT molecular complexity index is 804. The van der Waals surface area contributed by atoms with E-state index in [9.17, 15) is 4.79 Å². The normalized spacial score (nSPS) is 11.4. The van der Waals surface area contributed by atoms with Gasteiger partial charge in [-0.15, -0.1) is 10.2 Å². The molecule has 6 heteroatoms. The SMILES string of the molecule is Cc1nnc2sc(/C=C/c3ccccc3)nn2c1=O. The molecule has 2 aromatic heterocycles. The molecule has 19 heavy (non-hydrogen) atoms. The zero-order chi connectivity index (χ0) is 13.2. The van der Waals surface area contributed by atoms with Gasteiger partial charge >= 0.3 is 0 Å². The van der Waals surface area contributed by atoms with Crippen LogP contribution in [-0.4, -0.2) is 19.8 Å². The second-order valence-corrected chi connectivity index (χ2v) is 4.96. The van der Waals surface area contributed by atoms with Crippen molar-refractivity contribution in [3.63, 3.8) is 0 Å². The Labute approximate surface area is 112 Å². The first-order chi connectivity index (χ1) is 9.24. The molecule has 94 valence electrons. The summed E-state index contributed by atoms with van der Waals surface area (Å²) in [6.07, 6.45) is 3.81. The maximum Gasteiger partial charge on any atom is 0.296 e. The van der Waals surface area contributed by atoms with Crippen LogP contribution in [0.1, 0.15) is 16.3 Å². The van der Waals surface area contributed by atoms with E-state index in [1.165, 1.54) is 15.9 Å². The Morgan fingerprint density at radius 1 is 1.16 bits per heavy atom. The molecule has 5 nitrogen and oxygen atoms in total. The Kier molecular flexibility index (Phi) is 2.92. The van der Waals surface area contributed by atoms with Gasteiger partial charge in [-0.05, 0) is 18.6 Å². The first kappa shape index (κ1) is 11.7. The van der Waals surface area contributed by atoms with E-state index in [0.717, 1.165) is 10.6 Å². The minimum atomic E-state index is -0.222. The highest BCUT2D eigenvalue weighted by molar-refractivity contribution is 7.17. The van der Waals surface area contributed by atoms with Crippen molar-refractivity contribution in [1.82, 2.24) is 19.8 Å². The lowest BCUT2D eigenvalue weighted by Gasteiger charge is -1.89. The topological polar surface area (TPSA) is 60.1 Å². The van der Waals surface area contributed by atoms with Crippen molar-refractivity contribution in [3.05, 3.63) is 57.0 Å². The molecule has 3 rings (SSSR count). The third kappa shape index (κ3) is 2.30. The molecular weight excluding hydrogens is 260 g/mol. The van der Waals surface area contributed by atoms with Crippen molar-refractivity contribution >= 4 is 28.4 Å². The zero-order valence-electron chi connectivity index (χ0n) is 10.1. The average Bonchev–Trinajstić information content (AvgIpc) is 2.86. The number of hydrogen-bond acceptors (Lipinski definition) is 5. The molecule has 0 saturated carbocycles. The van der Waals surface area contributed by atoms with E-state index < -0.39 is 0 Å². The molecule has 0 aliphatic rings. The summed E-state index contributed by atoms with van der Waals surface area (Å²) in [5.74, 6) is 0. The van der Waals surface area contributed by atoms with E-state index in [1.54, 1.807) is 6.92 Å². The molecule has 0 unspecified atom stereocenters. The van der Waals surface area contributed by atoms with E-state index in [2.05, 4.69) is 15.3 Å². The Hall–Kier alpha value is -2.34. The lowest BCUT2D eigenvalue weighted by molar-refractivity contribution is 0.824. The van der Waals surface area contributed by atoms with Gasteiger partial charge in [-0.3, -0.25) is 4.79 Å². The number of rotatable bonds is 2. The maximum absolute atomic E-state index is 11.8. The van der Waals surface area contributed by atoms with Crippen LogP contribution in [0.25, 0.3) is 17.1 Å². The third-order valence-corrected chi connectivity index (χ3v) is 3.44. The summed E-state index contributed by atoms with van der Waals surface area (Å²) in [5, 5.41) is 12.7. The second-order valence-electron chi connectivity index (χ2n) is 3.97. The number of aromatic nitrogens is 4. The van der Waals surface area contributed by atoms with Crippen molar-refractivity contribution in [2.75, 3.05) is 0 Å². The number of aryl methyl sites for hydroxylation is 1. The highest BCUT2D eigenvalue weighted by atomic mass is 32.1. The number of benzene rings is 1. The highest BCUT2D eigenvalue weighted by Gasteiger charge is 2.07. The van der Waals surface area contributed by atoms with Gasteiger partial charge in [0.25, 0.3) is 5.56 Å². The fourth-order valence-corrected chi connectivity index (χ4v) is 2.34. The van der Waals surface area contributed by atoms with Crippen molar-refractivity contribution in [3.8, 4) is 0 Å². The molecule has 0 bridgehead atoms. The van der Waals surface area contributed by atoms with Crippen molar-refractivity contribution in [1.29, 1.82) is 0 Å². The van der Waals surface area contributed by atoms with E-state index in [4.69, 9.17) is 0 Å². The van der Waals surface area contributed by atoms with E-state index in [1.807, 2.05) is 42.5 Å². The molecule has 0 saturated heterocycles. The molecule has 0 N–H and O–H groups in total. The minimum absolute atomic E-state index is 0.222. The molecule has 0 amide bonds. The van der Waals surface area contributed by atoms with Crippen molar-refractivity contribution in [2.45, 2.75) is 6.92 Å². The molecule has 0 radical (unpaired) electrons. The fourth-order valence-electron chi connectivity index (χ4n) is 1.61. The van der Waals surface area contributed by atoms with Crippen LogP contribution in [0.4, 0.5) is 0 Å². The summed E-state index contributed by atoms with van der Waals surface area (Å²) < 4.78 is 1.29. The quantitative estimate of drug-likeness (QED) is 0.715. The van der Waals surface area contributed by atoms with E-state index >= 15 is 0 Å². The van der Waals surface area contributed by atoms with Crippen LogP contribution in [0.2, 0.25) is 0 Å². The lowest BCUT2D eigenvalue weighted by atomic mass is 10.2. The Balaban J connectivity index is 2.01. The van der Waals surface area contributed by atoms with Gasteiger partial charge in [-0.1, -0.05) is 47.7 Å². The Morgan fingerprint density at radius 2 is 1.95 bits per heavy atom. The summed E-state index contributed by atoms with van der Waals surface area (Å²) in [6, 6.07) is 9.90. The van der Waals surface area contributed by atoms with Crippen LogP contribution in [-0.2, 0) is 0 Å². The van der Waals surface area contributed by atoms with Gasteiger partial charge in [0.05, 0.1) is 0 Å². The molecule has 1 aromatic carbocycles. The molecule has 0 atom stereocenters. The molecule has 3 aromatic rings. The summed E-state index contributed by atoms with van der Waals surface area (Å²) in [5.41, 5.74) is 1.21. The highest BCUT2D eigenvalue weighted by Crippen LogP contribution is 2.13. The monoisotopic (exact) mass is 270 g/mol. The molecule has 0 spiro atoms. The summed E-state index contributed by atoms with van der Waals surface area (Å²) in [6.45, 7) is 1.63. The molecule has 0 aliphatic heterocycles. The number of hydrogen-bond donors (Lipinski definition) is 0. The standard InChI is InChI=1S/C13H10N4OS/c1-9-12(18)17-13(15-14-9)19-11(16-17)8-7-10-5-3-2-4-6-10/h2-8H,1H3/b8-7+. The predicted molar refractivity (Wildman–Crippen MR) is 75.0 cm³/mol. The molecular formula is C13H10N4OS. The molecule has 0 fully saturated rings. The van der Waals surface area contributed by atoms with Gasteiger partial charge in [-0.25, -0.2) is 0 Å². The van der Waals surface area contributed by atoms with Gasteiger partial charge in [-0.2, -0.15) is 9.61 Å². The molecule has 2 heterocycles.